The molecule has 4 heterocycles. The van der Waals surface area contributed by atoms with Crippen LogP contribution in [0.15, 0.2) is 23.3 Å². The van der Waals surface area contributed by atoms with Crippen LogP contribution in [0.25, 0.3) is 11.1 Å². The van der Waals surface area contributed by atoms with Gasteiger partial charge in [-0.1, -0.05) is 0 Å². The molecule has 35 heavy (non-hydrogen) atoms. The van der Waals surface area contributed by atoms with Crippen molar-refractivity contribution in [2.75, 3.05) is 33.0 Å². The van der Waals surface area contributed by atoms with Crippen molar-refractivity contribution < 1.29 is 27.2 Å². The van der Waals surface area contributed by atoms with Gasteiger partial charge in [-0.2, -0.15) is 8.42 Å². The van der Waals surface area contributed by atoms with Crippen molar-refractivity contribution in [1.82, 2.24) is 9.88 Å². The van der Waals surface area contributed by atoms with E-state index in [4.69, 9.17) is 19.8 Å². The molecule has 1 fully saturated rings. The number of amides is 1. The minimum atomic E-state index is -3.67. The van der Waals surface area contributed by atoms with Gasteiger partial charge in [-0.25, -0.2) is 4.98 Å². The zero-order valence-electron chi connectivity index (χ0n) is 19.9. The predicted octanol–water partition coefficient (Wildman–Crippen LogP) is 2.41. The zero-order valence-corrected chi connectivity index (χ0v) is 20.7. The quantitative estimate of drug-likeness (QED) is 0.607. The Labute approximate surface area is 204 Å². The first-order valence-corrected chi connectivity index (χ1v) is 13.4. The van der Waals surface area contributed by atoms with Crippen molar-refractivity contribution in [3.05, 3.63) is 35.0 Å². The summed E-state index contributed by atoms with van der Waals surface area (Å²) in [5.41, 5.74) is 10.8. The molecule has 10 nitrogen and oxygen atoms in total. The van der Waals surface area contributed by atoms with Gasteiger partial charge in [0.15, 0.2) is 0 Å². The van der Waals surface area contributed by atoms with Gasteiger partial charge in [0, 0.05) is 47.6 Å². The van der Waals surface area contributed by atoms with Gasteiger partial charge in [-0.05, 0) is 51.4 Å². The summed E-state index contributed by atoms with van der Waals surface area (Å²) in [7, 11) is -1.58. The fraction of sp³-hybridized carbons (Fsp3) is 0.458. The predicted molar refractivity (Wildman–Crippen MR) is 132 cm³/mol. The number of benzene rings is 1. The van der Waals surface area contributed by atoms with Gasteiger partial charge in [0.05, 0.1) is 24.1 Å². The minimum Gasteiger partial charge on any atom is -0.488 e. The number of hydrogen-bond donors (Lipinski definition) is 2. The number of hydrogen-bond acceptors (Lipinski definition) is 8. The SMILES string of the molecule is CN1CCCC(Oc2cc(-c3cnc4c(c3)CCCO4)c3c(c2C(N)=O)CC=N3)C1.CS(=O)(=O)O. The Bertz CT molecular complexity index is 1250. The van der Waals surface area contributed by atoms with E-state index in [0.29, 0.717) is 36.5 Å². The van der Waals surface area contributed by atoms with Crippen molar-refractivity contribution in [2.45, 2.75) is 38.2 Å². The molecule has 0 spiro atoms. The number of primary amides is 1. The number of pyridine rings is 1. The monoisotopic (exact) mass is 502 g/mol. The lowest BCUT2D eigenvalue weighted by Crippen LogP contribution is -2.39. The number of ether oxygens (including phenoxy) is 2. The van der Waals surface area contributed by atoms with Gasteiger partial charge in [-0.15, -0.1) is 0 Å². The maximum Gasteiger partial charge on any atom is 0.261 e. The lowest BCUT2D eigenvalue weighted by Gasteiger charge is -2.31. The number of nitrogens with zero attached hydrogens (tertiary/aromatic N) is 3. The molecule has 3 N–H and O–H groups in total. The number of nitrogens with two attached hydrogens (primary N) is 1. The smallest absolute Gasteiger partial charge is 0.261 e. The number of fused-ring (bicyclic) bond motifs is 2. The number of carbonyl (C=O) groups is 1. The van der Waals surface area contributed by atoms with Gasteiger partial charge in [-0.3, -0.25) is 14.3 Å². The first-order valence-electron chi connectivity index (χ1n) is 11.5. The summed E-state index contributed by atoms with van der Waals surface area (Å²) in [6.45, 7) is 2.60. The van der Waals surface area contributed by atoms with Crippen LogP contribution in [0.2, 0.25) is 0 Å². The standard InChI is InChI=1S/C23H26N4O3.CH4O3S/c1-27-8-2-5-16(13-27)30-19-11-18(21-17(6-7-25-21)20(19)22(24)28)15-10-14-4-3-9-29-23(14)26-12-15;1-5(2,3)4/h7,10-12,16H,2-6,8-9,13H2,1H3,(H2,24,28);1H3,(H,2,3,4). The lowest BCUT2D eigenvalue weighted by molar-refractivity contribution is 0.0947. The van der Waals surface area contributed by atoms with Crippen molar-refractivity contribution in [3.63, 3.8) is 0 Å². The summed E-state index contributed by atoms with van der Waals surface area (Å²) in [6.07, 6.45) is 8.92. The van der Waals surface area contributed by atoms with Crippen LogP contribution in [0.3, 0.4) is 0 Å². The molecular formula is C24H30N4O6S. The van der Waals surface area contributed by atoms with E-state index >= 15 is 0 Å². The molecule has 1 aromatic carbocycles. The molecule has 188 valence electrons. The van der Waals surface area contributed by atoms with Crippen LogP contribution in [-0.2, 0) is 23.0 Å². The Morgan fingerprint density at radius 1 is 1.31 bits per heavy atom. The van der Waals surface area contributed by atoms with Crippen LogP contribution in [0.5, 0.6) is 11.6 Å². The highest BCUT2D eigenvalue weighted by Gasteiger charge is 2.28. The van der Waals surface area contributed by atoms with E-state index in [0.717, 1.165) is 66.7 Å². The van der Waals surface area contributed by atoms with E-state index in [1.54, 1.807) is 0 Å². The molecule has 1 amide bonds. The van der Waals surface area contributed by atoms with Crippen molar-refractivity contribution >= 4 is 27.9 Å². The number of likely N-dealkylation sites (N-methyl/N-ethyl adjacent to an activating group) is 1. The number of piperidine rings is 1. The third-order valence-corrected chi connectivity index (χ3v) is 6.07. The van der Waals surface area contributed by atoms with Gasteiger partial charge in [0.25, 0.3) is 16.0 Å². The largest absolute Gasteiger partial charge is 0.488 e. The Balaban J connectivity index is 0.000000527. The van der Waals surface area contributed by atoms with E-state index in [9.17, 15) is 13.2 Å². The number of aryl methyl sites for hydroxylation is 1. The molecule has 1 saturated heterocycles. The highest BCUT2D eigenvalue weighted by molar-refractivity contribution is 7.85. The highest BCUT2D eigenvalue weighted by Crippen LogP contribution is 2.44. The Morgan fingerprint density at radius 2 is 2.09 bits per heavy atom. The molecule has 3 aliphatic rings. The van der Waals surface area contributed by atoms with Crippen LogP contribution in [0.4, 0.5) is 5.69 Å². The first kappa shape index (κ1) is 25.1. The second-order valence-corrected chi connectivity index (χ2v) is 10.5. The second kappa shape index (κ2) is 10.3. The number of rotatable bonds is 4. The summed E-state index contributed by atoms with van der Waals surface area (Å²) in [4.78, 5) is 23.7. The van der Waals surface area contributed by atoms with Crippen LogP contribution >= 0.6 is 0 Å². The summed E-state index contributed by atoms with van der Waals surface area (Å²) >= 11 is 0. The molecule has 1 unspecified atom stereocenters. The molecule has 0 aliphatic carbocycles. The topological polar surface area (TPSA) is 144 Å². The maximum atomic E-state index is 12.4. The van der Waals surface area contributed by atoms with Crippen LogP contribution in [-0.4, -0.2) is 74.1 Å². The summed E-state index contributed by atoms with van der Waals surface area (Å²) in [6, 6.07) is 4.04. The first-order chi connectivity index (χ1) is 16.6. The normalized spacial score (nSPS) is 19.1. The molecule has 1 aromatic heterocycles. The van der Waals surface area contributed by atoms with Crippen LogP contribution in [0, 0.1) is 0 Å². The van der Waals surface area contributed by atoms with E-state index in [1.165, 1.54) is 0 Å². The molecule has 3 aliphatic heterocycles. The number of aromatic nitrogens is 1. The molecule has 11 heteroatoms. The van der Waals surface area contributed by atoms with Gasteiger partial charge in [0.2, 0.25) is 5.88 Å². The number of carbonyl (C=O) groups excluding carboxylic acids is 1. The van der Waals surface area contributed by atoms with Gasteiger partial charge >= 0.3 is 0 Å². The Kier molecular flexibility index (Phi) is 7.39. The fourth-order valence-electron chi connectivity index (χ4n) is 4.64. The highest BCUT2D eigenvalue weighted by atomic mass is 32.2. The third kappa shape index (κ3) is 6.16. The lowest BCUT2D eigenvalue weighted by atomic mass is 9.94. The maximum absolute atomic E-state index is 12.4. The van der Waals surface area contributed by atoms with Crippen molar-refractivity contribution in [1.29, 1.82) is 0 Å². The van der Waals surface area contributed by atoms with E-state index < -0.39 is 16.0 Å². The molecule has 5 rings (SSSR count). The fourth-order valence-corrected chi connectivity index (χ4v) is 4.64. The molecule has 0 saturated carbocycles. The Hall–Kier alpha value is -3.02. The average molecular weight is 503 g/mol. The van der Waals surface area contributed by atoms with Crippen molar-refractivity contribution in [2.24, 2.45) is 10.7 Å². The molecular weight excluding hydrogens is 472 g/mol. The molecule has 0 radical (unpaired) electrons. The summed E-state index contributed by atoms with van der Waals surface area (Å²) in [5.74, 6) is 0.788. The Morgan fingerprint density at radius 3 is 2.80 bits per heavy atom. The third-order valence-electron chi connectivity index (χ3n) is 6.07. The van der Waals surface area contributed by atoms with E-state index in [2.05, 4.69) is 28.0 Å². The van der Waals surface area contributed by atoms with Crippen LogP contribution in [0.1, 0.15) is 40.7 Å². The number of likely N-dealkylation sites (tertiary alicyclic amines) is 1. The zero-order chi connectivity index (χ0) is 25.2. The van der Waals surface area contributed by atoms with E-state index in [1.807, 2.05) is 18.5 Å². The van der Waals surface area contributed by atoms with Crippen LogP contribution < -0.4 is 15.2 Å². The minimum absolute atomic E-state index is 0.0325. The van der Waals surface area contributed by atoms with E-state index in [-0.39, 0.29) is 6.10 Å². The second-order valence-electron chi connectivity index (χ2n) is 9.02. The summed E-state index contributed by atoms with van der Waals surface area (Å²) < 4.78 is 37.9. The van der Waals surface area contributed by atoms with Gasteiger partial charge in [0.1, 0.15) is 11.9 Å². The summed E-state index contributed by atoms with van der Waals surface area (Å²) in [5, 5.41) is 0. The number of aliphatic imine (C=N–C) groups is 1. The molecule has 2 aromatic rings. The van der Waals surface area contributed by atoms with Gasteiger partial charge < -0.3 is 20.1 Å². The molecule has 1 atom stereocenters. The van der Waals surface area contributed by atoms with Crippen molar-refractivity contribution in [3.8, 4) is 22.8 Å². The molecule has 0 bridgehead atoms. The average Bonchev–Trinajstić information content (AvgIpc) is 3.26.